The van der Waals surface area contributed by atoms with Gasteiger partial charge in [-0.05, 0) is 18.1 Å². The van der Waals surface area contributed by atoms with Crippen LogP contribution in [0.1, 0.15) is 41.4 Å². The summed E-state index contributed by atoms with van der Waals surface area (Å²) in [7, 11) is 1.61. The van der Waals surface area contributed by atoms with Crippen LogP contribution in [0.3, 0.4) is 0 Å². The van der Waals surface area contributed by atoms with Gasteiger partial charge in [-0.25, -0.2) is 0 Å². The summed E-state index contributed by atoms with van der Waals surface area (Å²) in [5.74, 6) is -0.205. The Morgan fingerprint density at radius 1 is 1.44 bits per heavy atom. The monoisotopic (exact) mass is 245 g/mol. The predicted molar refractivity (Wildman–Crippen MR) is 67.8 cm³/mol. The predicted octanol–water partition coefficient (Wildman–Crippen LogP) is 1.46. The van der Waals surface area contributed by atoms with Crippen molar-refractivity contribution in [3.05, 3.63) is 51.7 Å². The van der Waals surface area contributed by atoms with E-state index in [4.69, 9.17) is 0 Å². The van der Waals surface area contributed by atoms with Gasteiger partial charge in [0, 0.05) is 25.0 Å². The van der Waals surface area contributed by atoms with Gasteiger partial charge in [0.05, 0.1) is 5.69 Å². The van der Waals surface area contributed by atoms with Crippen molar-refractivity contribution in [2.45, 2.75) is 19.8 Å². The average Bonchev–Trinajstić information content (AvgIpc) is 2.66. The van der Waals surface area contributed by atoms with Crippen LogP contribution in [0.5, 0.6) is 0 Å². The highest BCUT2D eigenvalue weighted by atomic mass is 16.2. The molecule has 0 aromatic carbocycles. The zero-order valence-corrected chi connectivity index (χ0v) is 10.6. The highest BCUT2D eigenvalue weighted by Gasteiger charge is 2.22. The van der Waals surface area contributed by atoms with E-state index in [2.05, 4.69) is 10.1 Å². The van der Waals surface area contributed by atoms with E-state index in [1.54, 1.807) is 25.4 Å². The van der Waals surface area contributed by atoms with Gasteiger partial charge >= 0.3 is 0 Å². The first-order valence-electron chi connectivity index (χ1n) is 5.76. The summed E-state index contributed by atoms with van der Waals surface area (Å²) in [5, 5.41) is 2.93. The quantitative estimate of drug-likeness (QED) is 0.832. The van der Waals surface area contributed by atoms with Crippen molar-refractivity contribution in [1.29, 1.82) is 0 Å². The molecule has 0 unspecified atom stereocenters. The van der Waals surface area contributed by atoms with Crippen molar-refractivity contribution in [2.75, 3.05) is 0 Å². The molecule has 0 saturated carbocycles. The standard InChI is InChI=1S/C13H15N3O2/c1-8(2)11-10(13(18)16(3)15-11)12(17)9-5-4-6-14-7-9/h4-8,15H,1-3H3. The van der Waals surface area contributed by atoms with Gasteiger partial charge in [0.2, 0.25) is 5.78 Å². The lowest BCUT2D eigenvalue weighted by atomic mass is 10.00. The van der Waals surface area contributed by atoms with Crippen LogP contribution in [-0.2, 0) is 7.05 Å². The molecule has 0 bridgehead atoms. The third-order valence-corrected chi connectivity index (χ3v) is 2.80. The number of nitrogens with zero attached hydrogens (tertiary/aromatic N) is 2. The summed E-state index contributed by atoms with van der Waals surface area (Å²) in [4.78, 5) is 28.2. The summed E-state index contributed by atoms with van der Waals surface area (Å²) in [5.41, 5.74) is 1.00. The zero-order chi connectivity index (χ0) is 13.3. The Kier molecular flexibility index (Phi) is 3.14. The molecule has 0 atom stereocenters. The molecule has 5 heteroatoms. The van der Waals surface area contributed by atoms with Gasteiger partial charge in [0.15, 0.2) is 0 Å². The normalized spacial score (nSPS) is 10.9. The molecule has 0 aliphatic rings. The molecular weight excluding hydrogens is 230 g/mol. The van der Waals surface area contributed by atoms with E-state index >= 15 is 0 Å². The van der Waals surface area contributed by atoms with Crippen LogP contribution in [0.2, 0.25) is 0 Å². The molecule has 94 valence electrons. The Labute approximate surface area is 104 Å². The van der Waals surface area contributed by atoms with E-state index in [1.807, 2.05) is 13.8 Å². The minimum absolute atomic E-state index is 0.0783. The molecule has 2 heterocycles. The van der Waals surface area contributed by atoms with Gasteiger partial charge in [-0.3, -0.25) is 24.4 Å². The summed E-state index contributed by atoms with van der Waals surface area (Å²) < 4.78 is 1.33. The SMILES string of the molecule is CC(C)c1[nH]n(C)c(=O)c1C(=O)c1cccnc1. The zero-order valence-electron chi connectivity index (χ0n) is 10.6. The van der Waals surface area contributed by atoms with Crippen LogP contribution < -0.4 is 5.56 Å². The number of hydrogen-bond acceptors (Lipinski definition) is 3. The van der Waals surface area contributed by atoms with E-state index in [0.717, 1.165) is 0 Å². The first-order valence-corrected chi connectivity index (χ1v) is 5.76. The van der Waals surface area contributed by atoms with E-state index in [0.29, 0.717) is 11.3 Å². The fourth-order valence-corrected chi connectivity index (χ4v) is 1.85. The van der Waals surface area contributed by atoms with Crippen LogP contribution in [0.4, 0.5) is 0 Å². The summed E-state index contributed by atoms with van der Waals surface area (Å²) in [6.07, 6.45) is 3.06. The number of aromatic nitrogens is 3. The Morgan fingerprint density at radius 2 is 2.17 bits per heavy atom. The summed E-state index contributed by atoms with van der Waals surface area (Å²) in [6.45, 7) is 3.87. The van der Waals surface area contributed by atoms with Gasteiger partial charge < -0.3 is 0 Å². The second-order valence-corrected chi connectivity index (χ2v) is 4.49. The van der Waals surface area contributed by atoms with Crippen molar-refractivity contribution in [2.24, 2.45) is 7.05 Å². The molecule has 0 aliphatic heterocycles. The van der Waals surface area contributed by atoms with Gasteiger partial charge in [0.1, 0.15) is 5.56 Å². The maximum absolute atomic E-state index is 12.3. The number of pyridine rings is 1. The molecule has 0 aliphatic carbocycles. The number of aryl methyl sites for hydroxylation is 1. The fourth-order valence-electron chi connectivity index (χ4n) is 1.85. The molecule has 0 spiro atoms. The Hall–Kier alpha value is -2.17. The molecule has 1 N–H and O–H groups in total. The van der Waals surface area contributed by atoms with E-state index in [1.165, 1.54) is 10.9 Å². The van der Waals surface area contributed by atoms with Crippen LogP contribution in [0.25, 0.3) is 0 Å². The molecule has 2 aromatic rings. The van der Waals surface area contributed by atoms with Gasteiger partial charge in [-0.15, -0.1) is 0 Å². The van der Waals surface area contributed by atoms with Crippen LogP contribution in [-0.4, -0.2) is 20.5 Å². The van der Waals surface area contributed by atoms with Crippen LogP contribution in [0.15, 0.2) is 29.3 Å². The third-order valence-electron chi connectivity index (χ3n) is 2.80. The van der Waals surface area contributed by atoms with Gasteiger partial charge in [-0.1, -0.05) is 13.8 Å². The first kappa shape index (κ1) is 12.3. The molecule has 2 rings (SSSR count). The van der Waals surface area contributed by atoms with Crippen LogP contribution >= 0.6 is 0 Å². The molecule has 5 nitrogen and oxygen atoms in total. The maximum Gasteiger partial charge on any atom is 0.277 e. The molecule has 2 aromatic heterocycles. The molecule has 0 fully saturated rings. The number of nitrogens with one attached hydrogen (secondary N) is 1. The highest BCUT2D eigenvalue weighted by Crippen LogP contribution is 2.17. The number of carbonyl (C=O) groups excluding carboxylic acids is 1. The first-order chi connectivity index (χ1) is 8.52. The van der Waals surface area contributed by atoms with E-state index in [-0.39, 0.29) is 22.8 Å². The largest absolute Gasteiger partial charge is 0.299 e. The number of H-pyrrole nitrogens is 1. The summed E-state index contributed by atoms with van der Waals surface area (Å²) in [6, 6.07) is 3.34. The lowest BCUT2D eigenvalue weighted by Gasteiger charge is -2.04. The number of rotatable bonds is 3. The van der Waals surface area contributed by atoms with Crippen molar-refractivity contribution >= 4 is 5.78 Å². The Bertz CT molecular complexity index is 623. The Morgan fingerprint density at radius 3 is 2.72 bits per heavy atom. The molecule has 0 radical (unpaired) electrons. The molecule has 0 amide bonds. The molecule has 18 heavy (non-hydrogen) atoms. The van der Waals surface area contributed by atoms with Gasteiger partial charge in [-0.2, -0.15) is 0 Å². The number of aromatic amines is 1. The number of carbonyl (C=O) groups is 1. The summed E-state index contributed by atoms with van der Waals surface area (Å²) >= 11 is 0. The van der Waals surface area contributed by atoms with Gasteiger partial charge in [0.25, 0.3) is 5.56 Å². The second-order valence-electron chi connectivity index (χ2n) is 4.49. The molecule has 0 saturated heterocycles. The van der Waals surface area contributed by atoms with E-state index < -0.39 is 0 Å². The Balaban J connectivity index is 2.58. The minimum atomic E-state index is -0.299. The molecular formula is C13H15N3O2. The maximum atomic E-state index is 12.3. The average molecular weight is 245 g/mol. The third kappa shape index (κ3) is 1.99. The smallest absolute Gasteiger partial charge is 0.277 e. The van der Waals surface area contributed by atoms with Crippen molar-refractivity contribution < 1.29 is 4.79 Å². The number of hydrogen-bond donors (Lipinski definition) is 1. The van der Waals surface area contributed by atoms with E-state index in [9.17, 15) is 9.59 Å². The minimum Gasteiger partial charge on any atom is -0.299 e. The fraction of sp³-hybridized carbons (Fsp3) is 0.308. The van der Waals surface area contributed by atoms with Crippen LogP contribution in [0, 0.1) is 0 Å². The van der Waals surface area contributed by atoms with Crippen molar-refractivity contribution in [3.63, 3.8) is 0 Å². The highest BCUT2D eigenvalue weighted by molar-refractivity contribution is 6.09. The van der Waals surface area contributed by atoms with Crippen molar-refractivity contribution in [1.82, 2.24) is 14.8 Å². The lowest BCUT2D eigenvalue weighted by Crippen LogP contribution is -2.20. The topological polar surface area (TPSA) is 67.8 Å². The van der Waals surface area contributed by atoms with Crippen molar-refractivity contribution in [3.8, 4) is 0 Å². The number of ketones is 1. The second kappa shape index (κ2) is 4.60. The lowest BCUT2D eigenvalue weighted by molar-refractivity contribution is 0.103.